The molecule has 2 aromatic carbocycles. The maximum absolute atomic E-state index is 14.5. The molecule has 3 N–H and O–H groups in total. The van der Waals surface area contributed by atoms with Gasteiger partial charge in [0.1, 0.15) is 35.5 Å². The Morgan fingerprint density at radius 3 is 1.98 bits per heavy atom. The highest BCUT2D eigenvalue weighted by Crippen LogP contribution is 2.30. The molecule has 0 aromatic heterocycles. The summed E-state index contributed by atoms with van der Waals surface area (Å²) in [5, 5.41) is 16.0. The van der Waals surface area contributed by atoms with E-state index < -0.39 is 47.7 Å². The molecule has 4 fully saturated rings. The van der Waals surface area contributed by atoms with Crippen LogP contribution in [0.5, 0.6) is 5.75 Å². The molecule has 57 heavy (non-hydrogen) atoms. The maximum Gasteiger partial charge on any atom is 0.410 e. The molecule has 308 valence electrons. The van der Waals surface area contributed by atoms with Gasteiger partial charge in [0.2, 0.25) is 23.6 Å². The SMILES string of the molecule is CC(C)(C)OC(=O)N1CCCC1C(=O)N1CCCC1C(=O)NC(C(=O)NC(Cc1ccc(O)cc1)C(=O)N1CCN(C(=O)c2ccccc2)CC1)C1CCCCC1. The lowest BCUT2D eigenvalue weighted by Gasteiger charge is -2.37. The molecular formula is C43H58N6O8. The van der Waals surface area contributed by atoms with E-state index in [1.54, 1.807) is 59.7 Å². The van der Waals surface area contributed by atoms with Crippen LogP contribution in [0.1, 0.15) is 94.5 Å². The van der Waals surface area contributed by atoms with Crippen molar-refractivity contribution < 1.29 is 38.6 Å². The molecule has 4 atom stereocenters. The topological polar surface area (TPSA) is 169 Å². The van der Waals surface area contributed by atoms with E-state index in [9.17, 15) is 33.9 Å². The van der Waals surface area contributed by atoms with Gasteiger partial charge in [0, 0.05) is 51.3 Å². The van der Waals surface area contributed by atoms with Crippen LogP contribution in [-0.4, -0.2) is 129 Å². The minimum atomic E-state index is -0.979. The van der Waals surface area contributed by atoms with Gasteiger partial charge in [-0.25, -0.2) is 4.79 Å². The number of hydrogen-bond acceptors (Lipinski definition) is 8. The number of carbonyl (C=O) groups is 6. The third-order valence-corrected chi connectivity index (χ3v) is 11.6. The Hall–Kier alpha value is -5.14. The largest absolute Gasteiger partial charge is 0.508 e. The summed E-state index contributed by atoms with van der Waals surface area (Å²) in [6, 6.07) is 12.0. The first-order chi connectivity index (χ1) is 27.3. The van der Waals surface area contributed by atoms with E-state index in [1.165, 1.54) is 17.0 Å². The molecule has 2 aromatic rings. The fourth-order valence-corrected chi connectivity index (χ4v) is 8.61. The standard InChI is InChI=1S/C43H58N6O8/c1-43(2,3)57-42(56)49-23-11-17-35(49)41(55)48-22-10-16-34(48)37(51)45-36(30-12-6-4-7-13-30)38(52)44-33(28-29-18-20-32(50)21-19-29)40(54)47-26-24-46(25-27-47)39(53)31-14-8-5-9-15-31/h5,8-9,14-15,18-21,30,33-36,50H,4,6-7,10-13,16-17,22-28H2,1-3H3,(H,44,52)(H,45,51). The number of rotatable bonds is 10. The number of hydrogen-bond donors (Lipinski definition) is 3. The van der Waals surface area contributed by atoms with Gasteiger partial charge in [0.15, 0.2) is 0 Å². The number of aromatic hydroxyl groups is 1. The zero-order chi connectivity index (χ0) is 40.7. The van der Waals surface area contributed by atoms with Crippen LogP contribution in [0.3, 0.4) is 0 Å². The van der Waals surface area contributed by atoms with Crippen LogP contribution in [-0.2, 0) is 30.3 Å². The van der Waals surface area contributed by atoms with Gasteiger partial charge in [-0.3, -0.25) is 28.9 Å². The van der Waals surface area contributed by atoms with Crippen molar-refractivity contribution in [3.8, 4) is 5.75 Å². The third kappa shape index (κ3) is 10.4. The Kier molecular flexibility index (Phi) is 13.4. The lowest BCUT2D eigenvalue weighted by Crippen LogP contribution is -2.61. The second-order valence-corrected chi connectivity index (χ2v) is 16.8. The first kappa shape index (κ1) is 41.5. The van der Waals surface area contributed by atoms with Crippen molar-refractivity contribution in [3.05, 3.63) is 65.7 Å². The summed E-state index contributed by atoms with van der Waals surface area (Å²) in [6.07, 6.45) is 6.06. The second-order valence-electron chi connectivity index (χ2n) is 16.8. The predicted molar refractivity (Wildman–Crippen MR) is 212 cm³/mol. The summed E-state index contributed by atoms with van der Waals surface area (Å²) in [5.74, 6) is -1.66. The van der Waals surface area contributed by atoms with Gasteiger partial charge >= 0.3 is 6.09 Å². The summed E-state index contributed by atoms with van der Waals surface area (Å²) in [7, 11) is 0. The Morgan fingerprint density at radius 2 is 1.33 bits per heavy atom. The molecule has 0 bridgehead atoms. The van der Waals surface area contributed by atoms with Crippen molar-refractivity contribution in [1.29, 1.82) is 0 Å². The minimum Gasteiger partial charge on any atom is -0.508 e. The van der Waals surface area contributed by atoms with Gasteiger partial charge in [0.05, 0.1) is 0 Å². The Labute approximate surface area is 335 Å². The average Bonchev–Trinajstić information content (AvgIpc) is 3.91. The van der Waals surface area contributed by atoms with Crippen LogP contribution < -0.4 is 10.6 Å². The van der Waals surface area contributed by atoms with Gasteiger partial charge in [0.25, 0.3) is 5.91 Å². The molecule has 3 aliphatic heterocycles. The highest BCUT2D eigenvalue weighted by Gasteiger charge is 2.45. The minimum absolute atomic E-state index is 0.0786. The van der Waals surface area contributed by atoms with E-state index in [2.05, 4.69) is 10.6 Å². The molecule has 6 rings (SSSR count). The molecular weight excluding hydrogens is 729 g/mol. The zero-order valence-electron chi connectivity index (χ0n) is 33.5. The molecule has 1 aliphatic carbocycles. The number of ether oxygens (including phenoxy) is 1. The zero-order valence-corrected chi connectivity index (χ0v) is 33.5. The summed E-state index contributed by atoms with van der Waals surface area (Å²) in [4.78, 5) is 89.5. The number of amides is 6. The van der Waals surface area contributed by atoms with E-state index in [1.807, 2.05) is 18.2 Å². The summed E-state index contributed by atoms with van der Waals surface area (Å²) >= 11 is 0. The first-order valence-corrected chi connectivity index (χ1v) is 20.6. The van der Waals surface area contributed by atoms with Gasteiger partial charge in [-0.05, 0) is 95.0 Å². The van der Waals surface area contributed by atoms with Gasteiger partial charge < -0.3 is 35.2 Å². The lowest BCUT2D eigenvalue weighted by molar-refractivity contribution is -0.143. The summed E-state index contributed by atoms with van der Waals surface area (Å²) in [6.45, 7) is 7.36. The third-order valence-electron chi connectivity index (χ3n) is 11.6. The van der Waals surface area contributed by atoms with Crippen molar-refractivity contribution in [2.75, 3.05) is 39.3 Å². The Balaban J connectivity index is 1.16. The van der Waals surface area contributed by atoms with Crippen molar-refractivity contribution in [2.24, 2.45) is 5.92 Å². The second kappa shape index (κ2) is 18.4. The maximum atomic E-state index is 14.5. The van der Waals surface area contributed by atoms with E-state index in [-0.39, 0.29) is 35.8 Å². The van der Waals surface area contributed by atoms with Gasteiger partial charge in [-0.2, -0.15) is 0 Å². The highest BCUT2D eigenvalue weighted by atomic mass is 16.6. The number of phenols is 1. The average molecular weight is 787 g/mol. The van der Waals surface area contributed by atoms with Gasteiger partial charge in [-0.1, -0.05) is 49.6 Å². The Bertz CT molecular complexity index is 1750. The molecule has 1 saturated carbocycles. The highest BCUT2D eigenvalue weighted by molar-refractivity contribution is 5.96. The fraction of sp³-hybridized carbons (Fsp3) is 0.581. The molecule has 0 spiro atoms. The number of piperazine rings is 1. The van der Waals surface area contributed by atoms with Crippen molar-refractivity contribution in [3.63, 3.8) is 0 Å². The normalized spacial score (nSPS) is 21.5. The molecule has 6 amide bonds. The molecule has 14 nitrogen and oxygen atoms in total. The van der Waals surface area contributed by atoms with E-state index in [0.717, 1.165) is 37.7 Å². The van der Waals surface area contributed by atoms with Crippen LogP contribution in [0.15, 0.2) is 54.6 Å². The first-order valence-electron chi connectivity index (χ1n) is 20.6. The molecule has 0 radical (unpaired) electrons. The number of benzene rings is 2. The molecule has 4 unspecified atom stereocenters. The van der Waals surface area contributed by atoms with E-state index in [0.29, 0.717) is 70.5 Å². The van der Waals surface area contributed by atoms with E-state index in [4.69, 9.17) is 4.74 Å². The quantitative estimate of drug-likeness (QED) is 0.327. The van der Waals surface area contributed by atoms with Crippen LogP contribution >= 0.6 is 0 Å². The summed E-state index contributed by atoms with van der Waals surface area (Å²) < 4.78 is 5.58. The van der Waals surface area contributed by atoms with Crippen molar-refractivity contribution in [2.45, 2.75) is 115 Å². The smallest absolute Gasteiger partial charge is 0.410 e. The number of nitrogens with zero attached hydrogens (tertiary/aromatic N) is 4. The van der Waals surface area contributed by atoms with E-state index >= 15 is 0 Å². The van der Waals surface area contributed by atoms with Crippen LogP contribution in [0, 0.1) is 5.92 Å². The summed E-state index contributed by atoms with van der Waals surface area (Å²) in [5.41, 5.74) is 0.593. The van der Waals surface area contributed by atoms with Crippen molar-refractivity contribution in [1.82, 2.24) is 30.2 Å². The molecule has 14 heteroatoms. The molecule has 4 aliphatic rings. The van der Waals surface area contributed by atoms with Crippen LogP contribution in [0.2, 0.25) is 0 Å². The number of phenolic OH excluding ortho intramolecular Hbond substituents is 1. The van der Waals surface area contributed by atoms with Crippen LogP contribution in [0.25, 0.3) is 0 Å². The molecule has 3 heterocycles. The fourth-order valence-electron chi connectivity index (χ4n) is 8.61. The van der Waals surface area contributed by atoms with Crippen LogP contribution in [0.4, 0.5) is 4.79 Å². The monoisotopic (exact) mass is 786 g/mol. The lowest BCUT2D eigenvalue weighted by atomic mass is 9.83. The van der Waals surface area contributed by atoms with Gasteiger partial charge in [-0.15, -0.1) is 0 Å². The number of likely N-dealkylation sites (tertiary alicyclic amines) is 2. The number of nitrogens with one attached hydrogen (secondary N) is 2. The van der Waals surface area contributed by atoms with Crippen molar-refractivity contribution >= 4 is 35.6 Å². The Morgan fingerprint density at radius 1 is 0.719 bits per heavy atom. The number of carbonyl (C=O) groups excluding carboxylic acids is 6. The molecule has 3 saturated heterocycles. The predicted octanol–water partition coefficient (Wildman–Crippen LogP) is 3.86.